The standard InChI is InChI=1S/C19H38N2/c1-18(2)15-20-16-19(11-7-6-8-12-19)17-21-13-9-4-3-5-10-14-21/h18,20H,3-17H2,1-2H3. The van der Waals surface area contributed by atoms with Gasteiger partial charge in [-0.2, -0.15) is 0 Å². The van der Waals surface area contributed by atoms with Crippen molar-refractivity contribution in [1.29, 1.82) is 0 Å². The summed E-state index contributed by atoms with van der Waals surface area (Å²) in [6, 6.07) is 0. The third-order valence-corrected chi connectivity index (χ3v) is 5.47. The van der Waals surface area contributed by atoms with Gasteiger partial charge in [-0.1, -0.05) is 52.4 Å². The van der Waals surface area contributed by atoms with Crippen LogP contribution < -0.4 is 5.32 Å². The summed E-state index contributed by atoms with van der Waals surface area (Å²) in [5.74, 6) is 0.771. The Balaban J connectivity index is 1.87. The molecule has 21 heavy (non-hydrogen) atoms. The predicted octanol–water partition coefficient (Wildman–Crippen LogP) is 4.45. The summed E-state index contributed by atoms with van der Waals surface area (Å²) in [4.78, 5) is 2.81. The van der Waals surface area contributed by atoms with E-state index in [1.165, 1.54) is 96.9 Å². The lowest BCUT2D eigenvalue weighted by Gasteiger charge is -2.42. The molecule has 1 aliphatic carbocycles. The van der Waals surface area contributed by atoms with Gasteiger partial charge in [0.15, 0.2) is 0 Å². The normalized spacial score (nSPS) is 24.7. The van der Waals surface area contributed by atoms with E-state index in [9.17, 15) is 0 Å². The van der Waals surface area contributed by atoms with Gasteiger partial charge in [0, 0.05) is 13.1 Å². The molecule has 2 heteroatoms. The highest BCUT2D eigenvalue weighted by Crippen LogP contribution is 2.37. The van der Waals surface area contributed by atoms with E-state index in [1.807, 2.05) is 0 Å². The van der Waals surface area contributed by atoms with Crippen molar-refractivity contribution in [3.8, 4) is 0 Å². The molecule has 1 saturated heterocycles. The van der Waals surface area contributed by atoms with Gasteiger partial charge < -0.3 is 10.2 Å². The average Bonchev–Trinajstić information content (AvgIpc) is 2.42. The summed E-state index contributed by atoms with van der Waals surface area (Å²) >= 11 is 0. The van der Waals surface area contributed by atoms with Crippen LogP contribution >= 0.6 is 0 Å². The fourth-order valence-corrected chi connectivity index (χ4v) is 4.26. The van der Waals surface area contributed by atoms with E-state index < -0.39 is 0 Å². The van der Waals surface area contributed by atoms with Crippen molar-refractivity contribution in [3.63, 3.8) is 0 Å². The van der Waals surface area contributed by atoms with Gasteiger partial charge in [0.1, 0.15) is 0 Å². The number of hydrogen-bond acceptors (Lipinski definition) is 2. The molecule has 1 saturated carbocycles. The number of nitrogens with one attached hydrogen (secondary N) is 1. The predicted molar refractivity (Wildman–Crippen MR) is 92.8 cm³/mol. The molecule has 0 radical (unpaired) electrons. The topological polar surface area (TPSA) is 15.3 Å². The fourth-order valence-electron chi connectivity index (χ4n) is 4.26. The first-order chi connectivity index (χ1) is 10.2. The highest BCUT2D eigenvalue weighted by molar-refractivity contribution is 4.88. The van der Waals surface area contributed by atoms with E-state index in [0.717, 1.165) is 5.92 Å². The fraction of sp³-hybridized carbons (Fsp3) is 1.00. The van der Waals surface area contributed by atoms with E-state index in [0.29, 0.717) is 5.41 Å². The maximum atomic E-state index is 3.79. The zero-order valence-corrected chi connectivity index (χ0v) is 14.6. The van der Waals surface area contributed by atoms with Crippen LogP contribution in [0.15, 0.2) is 0 Å². The Morgan fingerprint density at radius 2 is 1.43 bits per heavy atom. The maximum absolute atomic E-state index is 3.79. The van der Waals surface area contributed by atoms with Crippen LogP contribution in [0, 0.1) is 11.3 Å². The zero-order valence-electron chi connectivity index (χ0n) is 14.6. The van der Waals surface area contributed by atoms with Crippen molar-refractivity contribution in [1.82, 2.24) is 10.2 Å². The van der Waals surface area contributed by atoms with Crippen LogP contribution in [0.2, 0.25) is 0 Å². The minimum absolute atomic E-state index is 0.576. The molecule has 1 heterocycles. The second kappa shape index (κ2) is 9.15. The van der Waals surface area contributed by atoms with Gasteiger partial charge in [0.25, 0.3) is 0 Å². The molecule has 0 aromatic carbocycles. The van der Waals surface area contributed by atoms with E-state index >= 15 is 0 Å². The van der Waals surface area contributed by atoms with Crippen LogP contribution in [0.1, 0.15) is 78.1 Å². The Morgan fingerprint density at radius 1 is 0.857 bits per heavy atom. The molecule has 2 aliphatic rings. The largest absolute Gasteiger partial charge is 0.316 e. The zero-order chi connectivity index (χ0) is 15.0. The van der Waals surface area contributed by atoms with Crippen LogP contribution in [0.3, 0.4) is 0 Å². The lowest BCUT2D eigenvalue weighted by molar-refractivity contribution is 0.0958. The Morgan fingerprint density at radius 3 is 2.05 bits per heavy atom. The van der Waals surface area contributed by atoms with E-state index in [1.54, 1.807) is 0 Å². The van der Waals surface area contributed by atoms with Gasteiger partial charge in [-0.15, -0.1) is 0 Å². The molecule has 2 nitrogen and oxygen atoms in total. The van der Waals surface area contributed by atoms with Crippen molar-refractivity contribution in [3.05, 3.63) is 0 Å². The molecule has 124 valence electrons. The number of rotatable bonds is 6. The molecule has 1 N–H and O–H groups in total. The average molecular weight is 295 g/mol. The summed E-state index contributed by atoms with van der Waals surface area (Å²) in [6.45, 7) is 11.1. The van der Waals surface area contributed by atoms with E-state index in [-0.39, 0.29) is 0 Å². The van der Waals surface area contributed by atoms with Gasteiger partial charge in [0.2, 0.25) is 0 Å². The molecule has 1 aliphatic heterocycles. The Hall–Kier alpha value is -0.0800. The van der Waals surface area contributed by atoms with Crippen LogP contribution in [-0.4, -0.2) is 37.6 Å². The molecule has 2 fully saturated rings. The van der Waals surface area contributed by atoms with Crippen LogP contribution in [0.5, 0.6) is 0 Å². The minimum atomic E-state index is 0.576. The highest BCUT2D eigenvalue weighted by Gasteiger charge is 2.33. The van der Waals surface area contributed by atoms with Gasteiger partial charge >= 0.3 is 0 Å². The van der Waals surface area contributed by atoms with E-state index in [2.05, 4.69) is 24.1 Å². The summed E-state index contributed by atoms with van der Waals surface area (Å²) in [5.41, 5.74) is 0.576. The van der Waals surface area contributed by atoms with Crippen molar-refractivity contribution in [2.75, 3.05) is 32.7 Å². The first kappa shape index (κ1) is 17.3. The molecule has 0 spiro atoms. The summed E-state index contributed by atoms with van der Waals surface area (Å²) in [6.07, 6.45) is 14.5. The quantitative estimate of drug-likeness (QED) is 0.778. The summed E-state index contributed by atoms with van der Waals surface area (Å²) in [7, 11) is 0. The third-order valence-electron chi connectivity index (χ3n) is 5.47. The highest BCUT2D eigenvalue weighted by atomic mass is 15.1. The molecule has 2 rings (SSSR count). The second-order valence-corrected chi connectivity index (χ2v) is 8.13. The van der Waals surface area contributed by atoms with Crippen LogP contribution in [0.4, 0.5) is 0 Å². The Kier molecular flexibility index (Phi) is 7.53. The van der Waals surface area contributed by atoms with Gasteiger partial charge in [-0.25, -0.2) is 0 Å². The molecular weight excluding hydrogens is 256 g/mol. The molecule has 0 amide bonds. The molecule has 0 bridgehead atoms. The van der Waals surface area contributed by atoms with Crippen molar-refractivity contribution in [2.45, 2.75) is 78.1 Å². The van der Waals surface area contributed by atoms with Crippen LogP contribution in [0.25, 0.3) is 0 Å². The molecule has 0 aromatic heterocycles. The molecule has 0 unspecified atom stereocenters. The van der Waals surface area contributed by atoms with Crippen molar-refractivity contribution >= 4 is 0 Å². The van der Waals surface area contributed by atoms with Gasteiger partial charge in [0.05, 0.1) is 0 Å². The number of nitrogens with zero attached hydrogens (tertiary/aromatic N) is 1. The lowest BCUT2D eigenvalue weighted by atomic mass is 9.73. The van der Waals surface area contributed by atoms with E-state index in [4.69, 9.17) is 0 Å². The Bertz CT molecular complexity index is 261. The molecule has 0 atom stereocenters. The first-order valence-electron chi connectivity index (χ1n) is 9.63. The molecule has 0 aromatic rings. The van der Waals surface area contributed by atoms with Crippen molar-refractivity contribution in [2.24, 2.45) is 11.3 Å². The Labute approximate surface area is 133 Å². The summed E-state index contributed by atoms with van der Waals surface area (Å²) < 4.78 is 0. The van der Waals surface area contributed by atoms with Crippen LogP contribution in [-0.2, 0) is 0 Å². The molecular formula is C19H38N2. The van der Waals surface area contributed by atoms with Gasteiger partial charge in [-0.3, -0.25) is 0 Å². The van der Waals surface area contributed by atoms with Crippen molar-refractivity contribution < 1.29 is 0 Å². The number of likely N-dealkylation sites (tertiary alicyclic amines) is 1. The lowest BCUT2D eigenvalue weighted by Crippen LogP contribution is -2.46. The SMILES string of the molecule is CC(C)CNCC1(CN2CCCCCCC2)CCCCC1. The maximum Gasteiger partial charge on any atom is 0.00501 e. The smallest absolute Gasteiger partial charge is 0.00501 e. The minimum Gasteiger partial charge on any atom is -0.316 e. The third kappa shape index (κ3) is 6.28. The number of hydrogen-bond donors (Lipinski definition) is 1. The first-order valence-corrected chi connectivity index (χ1v) is 9.63. The van der Waals surface area contributed by atoms with Gasteiger partial charge in [-0.05, 0) is 56.7 Å². The summed E-state index contributed by atoms with van der Waals surface area (Å²) in [5, 5.41) is 3.79. The monoisotopic (exact) mass is 294 g/mol. The second-order valence-electron chi connectivity index (χ2n) is 8.13.